The Morgan fingerprint density at radius 3 is 2.82 bits per heavy atom. The molecule has 2 N–H and O–H groups in total. The molecule has 0 fully saturated rings. The second-order valence-corrected chi connectivity index (χ2v) is 4.29. The van der Waals surface area contributed by atoms with Crippen molar-refractivity contribution in [3.05, 3.63) is 5.82 Å². The molecule has 0 aliphatic rings. The van der Waals surface area contributed by atoms with Gasteiger partial charge >= 0.3 is 5.97 Å². The van der Waals surface area contributed by atoms with E-state index in [9.17, 15) is 9.90 Å². The first-order valence-corrected chi connectivity index (χ1v) is 5.99. The van der Waals surface area contributed by atoms with E-state index in [0.29, 0.717) is 24.1 Å². The van der Waals surface area contributed by atoms with Gasteiger partial charge in [-0.2, -0.15) is 0 Å². The van der Waals surface area contributed by atoms with Gasteiger partial charge in [0.2, 0.25) is 0 Å². The van der Waals surface area contributed by atoms with E-state index in [2.05, 4.69) is 10.2 Å². The van der Waals surface area contributed by atoms with Gasteiger partial charge in [0.05, 0.1) is 12.4 Å². The Hall–Kier alpha value is -1.12. The van der Waals surface area contributed by atoms with Crippen LogP contribution < -0.4 is 0 Å². The zero-order chi connectivity index (χ0) is 12.8. The summed E-state index contributed by atoms with van der Waals surface area (Å²) < 4.78 is 6.62. The van der Waals surface area contributed by atoms with E-state index >= 15 is 0 Å². The van der Waals surface area contributed by atoms with Gasteiger partial charge < -0.3 is 19.5 Å². The van der Waals surface area contributed by atoms with Crippen LogP contribution in [0.2, 0.25) is 0 Å². The van der Waals surface area contributed by atoms with Crippen LogP contribution in [0.5, 0.6) is 0 Å². The van der Waals surface area contributed by atoms with Gasteiger partial charge in [0.25, 0.3) is 0 Å². The second-order valence-electron chi connectivity index (χ2n) is 3.34. The zero-order valence-corrected chi connectivity index (χ0v) is 10.5. The molecule has 0 bridgehead atoms. The quantitative estimate of drug-likeness (QED) is 0.674. The van der Waals surface area contributed by atoms with Crippen LogP contribution in [-0.2, 0) is 16.1 Å². The summed E-state index contributed by atoms with van der Waals surface area (Å²) in [6.45, 7) is 2.50. The van der Waals surface area contributed by atoms with Gasteiger partial charge in [-0.25, -0.2) is 0 Å². The van der Waals surface area contributed by atoms with E-state index < -0.39 is 12.1 Å². The van der Waals surface area contributed by atoms with Gasteiger partial charge in [-0.15, -0.1) is 10.2 Å². The molecule has 7 nitrogen and oxygen atoms in total. The van der Waals surface area contributed by atoms with Crippen molar-refractivity contribution in [2.24, 2.45) is 0 Å². The molecule has 0 aliphatic carbocycles. The third-order valence-corrected chi connectivity index (χ3v) is 2.91. The van der Waals surface area contributed by atoms with Crippen LogP contribution in [0.25, 0.3) is 0 Å². The molecular weight excluding hydrogens is 246 g/mol. The van der Waals surface area contributed by atoms with Gasteiger partial charge in [-0.05, 0) is 6.92 Å². The van der Waals surface area contributed by atoms with E-state index in [0.717, 1.165) is 11.8 Å². The number of hydrogen-bond donors (Lipinski definition) is 2. The van der Waals surface area contributed by atoms with Gasteiger partial charge in [0.15, 0.2) is 11.0 Å². The van der Waals surface area contributed by atoms with E-state index in [-0.39, 0.29) is 5.75 Å². The van der Waals surface area contributed by atoms with Gasteiger partial charge in [0, 0.05) is 13.7 Å². The molecule has 0 saturated carbocycles. The fourth-order valence-corrected chi connectivity index (χ4v) is 1.93. The maximum atomic E-state index is 10.5. The van der Waals surface area contributed by atoms with Crippen LogP contribution in [0, 0.1) is 0 Å². The van der Waals surface area contributed by atoms with E-state index in [1.807, 2.05) is 0 Å². The Kier molecular flexibility index (Phi) is 5.39. The molecule has 17 heavy (non-hydrogen) atoms. The van der Waals surface area contributed by atoms with Crippen molar-refractivity contribution >= 4 is 17.7 Å². The topological polar surface area (TPSA) is 97.5 Å². The van der Waals surface area contributed by atoms with Crippen molar-refractivity contribution in [1.29, 1.82) is 0 Å². The number of rotatable bonds is 7. The maximum absolute atomic E-state index is 10.5. The molecule has 0 spiro atoms. The third kappa shape index (κ3) is 3.99. The molecule has 1 atom stereocenters. The lowest BCUT2D eigenvalue weighted by Gasteiger charge is -2.10. The average molecular weight is 261 g/mol. The number of methoxy groups -OCH3 is 1. The van der Waals surface area contributed by atoms with Crippen molar-refractivity contribution in [2.45, 2.75) is 24.7 Å². The monoisotopic (exact) mass is 261 g/mol. The standard InChI is InChI=1S/C9H15N3O4S/c1-6(13)8-10-11-9(17-5-7(14)15)12(8)3-4-16-2/h6,13H,3-5H2,1-2H3,(H,14,15). The predicted octanol–water partition coefficient (Wildman–Crippen LogP) is 0.154. The van der Waals surface area contributed by atoms with Crippen molar-refractivity contribution in [1.82, 2.24) is 14.8 Å². The van der Waals surface area contributed by atoms with Gasteiger partial charge in [-0.3, -0.25) is 4.79 Å². The number of hydrogen-bond acceptors (Lipinski definition) is 6. The number of aliphatic hydroxyl groups is 1. The predicted molar refractivity (Wildman–Crippen MR) is 60.9 cm³/mol. The Morgan fingerprint density at radius 1 is 1.59 bits per heavy atom. The number of nitrogens with zero attached hydrogens (tertiary/aromatic N) is 3. The number of ether oxygens (including phenoxy) is 1. The summed E-state index contributed by atoms with van der Waals surface area (Å²) in [6.07, 6.45) is -0.751. The number of carbonyl (C=O) groups is 1. The maximum Gasteiger partial charge on any atom is 0.313 e. The average Bonchev–Trinajstić information content (AvgIpc) is 2.66. The van der Waals surface area contributed by atoms with Crippen molar-refractivity contribution in [2.75, 3.05) is 19.5 Å². The zero-order valence-electron chi connectivity index (χ0n) is 9.66. The van der Waals surface area contributed by atoms with Crippen molar-refractivity contribution in [3.63, 3.8) is 0 Å². The molecule has 1 rings (SSSR count). The number of aromatic nitrogens is 3. The minimum atomic E-state index is -0.921. The fourth-order valence-electron chi connectivity index (χ4n) is 1.23. The first-order valence-electron chi connectivity index (χ1n) is 5.01. The molecule has 0 aliphatic heterocycles. The highest BCUT2D eigenvalue weighted by Crippen LogP contribution is 2.20. The third-order valence-electron chi connectivity index (χ3n) is 1.96. The molecule has 96 valence electrons. The second kappa shape index (κ2) is 6.58. The molecule has 0 aromatic carbocycles. The number of aliphatic hydroxyl groups excluding tert-OH is 1. The molecule has 0 radical (unpaired) electrons. The summed E-state index contributed by atoms with van der Waals surface area (Å²) in [5, 5.41) is 26.3. The van der Waals surface area contributed by atoms with E-state index in [1.54, 1.807) is 18.6 Å². The highest BCUT2D eigenvalue weighted by molar-refractivity contribution is 7.99. The minimum Gasteiger partial charge on any atom is -0.481 e. The Balaban J connectivity index is 2.83. The van der Waals surface area contributed by atoms with Crippen LogP contribution >= 0.6 is 11.8 Å². The lowest BCUT2D eigenvalue weighted by atomic mass is 10.4. The smallest absolute Gasteiger partial charge is 0.313 e. The summed E-state index contributed by atoms with van der Waals surface area (Å²) >= 11 is 1.07. The van der Waals surface area contributed by atoms with Crippen molar-refractivity contribution < 1.29 is 19.7 Å². The minimum absolute atomic E-state index is 0.0923. The molecule has 1 heterocycles. The van der Waals surface area contributed by atoms with Gasteiger partial charge in [-0.1, -0.05) is 11.8 Å². The number of carboxylic acids is 1. The fraction of sp³-hybridized carbons (Fsp3) is 0.667. The Morgan fingerprint density at radius 2 is 2.29 bits per heavy atom. The molecular formula is C9H15N3O4S. The SMILES string of the molecule is COCCn1c(SCC(=O)O)nnc1C(C)O. The molecule has 8 heteroatoms. The molecule has 1 aromatic rings. The van der Waals surface area contributed by atoms with Crippen molar-refractivity contribution in [3.8, 4) is 0 Å². The van der Waals surface area contributed by atoms with Crippen LogP contribution in [0.3, 0.4) is 0 Å². The Labute approximate surface area is 103 Å². The largest absolute Gasteiger partial charge is 0.481 e. The van der Waals surface area contributed by atoms with E-state index in [4.69, 9.17) is 9.84 Å². The summed E-state index contributed by atoms with van der Waals surface area (Å²) in [5.74, 6) is -0.602. The number of aliphatic carboxylic acids is 1. The lowest BCUT2D eigenvalue weighted by molar-refractivity contribution is -0.133. The van der Waals surface area contributed by atoms with Gasteiger partial charge in [0.1, 0.15) is 6.10 Å². The first kappa shape index (κ1) is 13.9. The highest BCUT2D eigenvalue weighted by atomic mass is 32.2. The van der Waals surface area contributed by atoms with Crippen LogP contribution in [0.1, 0.15) is 18.9 Å². The van der Waals surface area contributed by atoms with Crippen LogP contribution in [-0.4, -0.2) is 50.4 Å². The highest BCUT2D eigenvalue weighted by Gasteiger charge is 2.16. The summed E-state index contributed by atoms with van der Waals surface area (Å²) in [4.78, 5) is 10.5. The number of thioether (sulfide) groups is 1. The summed E-state index contributed by atoms with van der Waals surface area (Å²) in [5.41, 5.74) is 0. The van der Waals surface area contributed by atoms with Crippen LogP contribution in [0.4, 0.5) is 0 Å². The molecule has 0 amide bonds. The van der Waals surface area contributed by atoms with Crippen LogP contribution in [0.15, 0.2) is 5.16 Å². The van der Waals surface area contributed by atoms with E-state index in [1.165, 1.54) is 0 Å². The first-order chi connectivity index (χ1) is 8.06. The molecule has 1 unspecified atom stereocenters. The Bertz CT molecular complexity index is 380. The summed E-state index contributed by atoms with van der Waals surface area (Å²) in [7, 11) is 1.57. The molecule has 0 saturated heterocycles. The normalized spacial score (nSPS) is 12.6. The lowest BCUT2D eigenvalue weighted by Crippen LogP contribution is -2.12. The summed E-state index contributed by atoms with van der Waals surface area (Å²) in [6, 6.07) is 0. The number of carboxylic acid groups (broad SMARTS) is 1. The molecule has 1 aromatic heterocycles.